The first-order valence-electron chi connectivity index (χ1n) is 5.82. The van der Waals surface area contributed by atoms with Crippen LogP contribution in [0.4, 0.5) is 0 Å². The zero-order valence-corrected chi connectivity index (χ0v) is 10.0. The molecule has 5 heteroatoms. The third-order valence-corrected chi connectivity index (χ3v) is 2.93. The topological polar surface area (TPSA) is 84.2 Å². The summed E-state index contributed by atoms with van der Waals surface area (Å²) in [7, 11) is 0. The lowest BCUT2D eigenvalue weighted by atomic mass is 9.96. The van der Waals surface area contributed by atoms with Gasteiger partial charge in [-0.05, 0) is 32.6 Å². The lowest BCUT2D eigenvalue weighted by molar-refractivity contribution is -0.126. The molecule has 0 aromatic heterocycles. The third kappa shape index (κ3) is 3.48. The molecule has 1 unspecified atom stereocenters. The summed E-state index contributed by atoms with van der Waals surface area (Å²) < 4.78 is 0. The summed E-state index contributed by atoms with van der Waals surface area (Å²) in [4.78, 5) is 22.8. The second-order valence-electron chi connectivity index (χ2n) is 4.52. The van der Waals surface area contributed by atoms with Crippen LogP contribution in [0.1, 0.15) is 33.1 Å². The van der Waals surface area contributed by atoms with Crippen molar-refractivity contribution in [1.82, 2.24) is 10.6 Å². The van der Waals surface area contributed by atoms with Gasteiger partial charge in [0.2, 0.25) is 11.8 Å². The second-order valence-corrected chi connectivity index (χ2v) is 4.52. The summed E-state index contributed by atoms with van der Waals surface area (Å²) >= 11 is 0. The number of nitrogens with one attached hydrogen (secondary N) is 2. The van der Waals surface area contributed by atoms with Crippen molar-refractivity contribution in [2.45, 2.75) is 38.6 Å². The van der Waals surface area contributed by atoms with Gasteiger partial charge in [-0.3, -0.25) is 9.59 Å². The van der Waals surface area contributed by atoms with Gasteiger partial charge in [-0.15, -0.1) is 0 Å². The maximum absolute atomic E-state index is 11.7. The highest BCUT2D eigenvalue weighted by Crippen LogP contribution is 2.37. The Labute approximate surface area is 96.1 Å². The molecule has 0 bridgehead atoms. The minimum absolute atomic E-state index is 0.0482. The van der Waals surface area contributed by atoms with Gasteiger partial charge >= 0.3 is 0 Å². The average molecular weight is 227 g/mol. The fourth-order valence-corrected chi connectivity index (χ4v) is 1.63. The Kier molecular flexibility index (Phi) is 4.29. The highest BCUT2D eigenvalue weighted by Gasteiger charge is 2.43. The smallest absolute Gasteiger partial charge is 0.240 e. The zero-order valence-electron chi connectivity index (χ0n) is 10.0. The molecule has 16 heavy (non-hydrogen) atoms. The van der Waals surface area contributed by atoms with E-state index in [2.05, 4.69) is 10.6 Å². The van der Waals surface area contributed by atoms with Crippen LogP contribution in [0.25, 0.3) is 0 Å². The number of carbonyl (C=O) groups excluding carboxylic acids is 2. The van der Waals surface area contributed by atoms with E-state index in [0.717, 1.165) is 12.8 Å². The summed E-state index contributed by atoms with van der Waals surface area (Å²) in [5, 5.41) is 5.38. The average Bonchev–Trinajstić information content (AvgIpc) is 3.01. The zero-order chi connectivity index (χ0) is 12.2. The van der Waals surface area contributed by atoms with Crippen molar-refractivity contribution >= 4 is 11.8 Å². The number of amides is 2. The third-order valence-electron chi connectivity index (χ3n) is 2.93. The Hall–Kier alpha value is -1.10. The van der Waals surface area contributed by atoms with Crippen LogP contribution in [0.2, 0.25) is 0 Å². The fourth-order valence-electron chi connectivity index (χ4n) is 1.63. The van der Waals surface area contributed by atoms with E-state index in [0.29, 0.717) is 25.4 Å². The molecule has 0 spiro atoms. The van der Waals surface area contributed by atoms with Crippen molar-refractivity contribution in [1.29, 1.82) is 0 Å². The van der Waals surface area contributed by atoms with E-state index in [9.17, 15) is 9.59 Å². The van der Waals surface area contributed by atoms with E-state index in [1.165, 1.54) is 0 Å². The van der Waals surface area contributed by atoms with Crippen molar-refractivity contribution in [3.05, 3.63) is 0 Å². The molecule has 4 N–H and O–H groups in total. The largest absolute Gasteiger partial charge is 0.356 e. The highest BCUT2D eigenvalue weighted by atomic mass is 16.2. The summed E-state index contributed by atoms with van der Waals surface area (Å²) in [5.74, 6) is 0.101. The van der Waals surface area contributed by atoms with Crippen molar-refractivity contribution < 1.29 is 9.59 Å². The number of carbonyl (C=O) groups is 2. The van der Waals surface area contributed by atoms with Crippen LogP contribution >= 0.6 is 0 Å². The van der Waals surface area contributed by atoms with Crippen LogP contribution < -0.4 is 16.4 Å². The fraction of sp³-hybridized carbons (Fsp3) is 0.818. The Balaban J connectivity index is 2.22. The first-order valence-corrected chi connectivity index (χ1v) is 5.82. The minimum Gasteiger partial charge on any atom is -0.356 e. The van der Waals surface area contributed by atoms with Gasteiger partial charge in [-0.2, -0.15) is 0 Å². The van der Waals surface area contributed by atoms with Gasteiger partial charge in [0.05, 0.1) is 5.54 Å². The van der Waals surface area contributed by atoms with E-state index in [1.54, 1.807) is 6.92 Å². The van der Waals surface area contributed by atoms with Crippen molar-refractivity contribution in [2.75, 3.05) is 13.1 Å². The molecular formula is C11H21N3O2. The van der Waals surface area contributed by atoms with Gasteiger partial charge in [0, 0.05) is 19.5 Å². The Morgan fingerprint density at radius 1 is 1.38 bits per heavy atom. The van der Waals surface area contributed by atoms with Crippen LogP contribution in [-0.4, -0.2) is 30.4 Å². The molecule has 92 valence electrons. The lowest BCUT2D eigenvalue weighted by Crippen LogP contribution is -2.53. The number of rotatable bonds is 6. The summed E-state index contributed by atoms with van der Waals surface area (Å²) in [6.45, 7) is 4.58. The molecule has 0 radical (unpaired) electrons. The van der Waals surface area contributed by atoms with Crippen LogP contribution in [0.3, 0.4) is 0 Å². The molecule has 1 atom stereocenters. The first kappa shape index (κ1) is 13.0. The molecule has 5 nitrogen and oxygen atoms in total. The van der Waals surface area contributed by atoms with E-state index >= 15 is 0 Å². The van der Waals surface area contributed by atoms with E-state index in [-0.39, 0.29) is 11.8 Å². The number of hydrogen-bond acceptors (Lipinski definition) is 3. The standard InChI is InChI=1S/C11H21N3O2/c1-3-13-9(15)6-7-14-10(16)11(2,12)8-4-5-8/h8H,3-7,12H2,1-2H3,(H,13,15)(H,14,16). The molecule has 0 heterocycles. The van der Waals surface area contributed by atoms with Gasteiger partial charge < -0.3 is 16.4 Å². The number of hydrogen-bond donors (Lipinski definition) is 3. The quantitative estimate of drug-likeness (QED) is 0.585. The van der Waals surface area contributed by atoms with Gasteiger partial charge in [0.15, 0.2) is 0 Å². The van der Waals surface area contributed by atoms with Crippen LogP contribution in [0.15, 0.2) is 0 Å². The van der Waals surface area contributed by atoms with E-state index in [4.69, 9.17) is 5.73 Å². The molecule has 1 aliphatic carbocycles. The predicted molar refractivity (Wildman–Crippen MR) is 61.6 cm³/mol. The maximum Gasteiger partial charge on any atom is 0.240 e. The monoisotopic (exact) mass is 227 g/mol. The summed E-state index contributed by atoms with van der Waals surface area (Å²) in [6, 6.07) is 0. The lowest BCUT2D eigenvalue weighted by Gasteiger charge is -2.22. The van der Waals surface area contributed by atoms with Gasteiger partial charge in [0.1, 0.15) is 0 Å². The van der Waals surface area contributed by atoms with E-state index in [1.807, 2.05) is 6.92 Å². The second kappa shape index (κ2) is 5.30. The Bertz CT molecular complexity index is 272. The molecule has 0 aromatic rings. The normalized spacial score (nSPS) is 18.7. The molecule has 1 rings (SSSR count). The van der Waals surface area contributed by atoms with Crippen LogP contribution in [0, 0.1) is 5.92 Å². The maximum atomic E-state index is 11.7. The van der Waals surface area contributed by atoms with Crippen molar-refractivity contribution in [2.24, 2.45) is 11.7 Å². The van der Waals surface area contributed by atoms with Crippen molar-refractivity contribution in [3.8, 4) is 0 Å². The molecule has 1 aliphatic rings. The molecule has 1 saturated carbocycles. The van der Waals surface area contributed by atoms with Crippen LogP contribution in [-0.2, 0) is 9.59 Å². The first-order chi connectivity index (χ1) is 7.48. The highest BCUT2D eigenvalue weighted by molar-refractivity contribution is 5.87. The van der Waals surface area contributed by atoms with E-state index < -0.39 is 5.54 Å². The number of nitrogens with two attached hydrogens (primary N) is 1. The molecule has 0 aliphatic heterocycles. The molecule has 0 saturated heterocycles. The molecule has 0 aromatic carbocycles. The SMILES string of the molecule is CCNC(=O)CCNC(=O)C(C)(N)C1CC1. The summed E-state index contributed by atoms with van der Waals surface area (Å²) in [5.41, 5.74) is 5.15. The van der Waals surface area contributed by atoms with Gasteiger partial charge in [-0.25, -0.2) is 0 Å². The molecular weight excluding hydrogens is 206 g/mol. The molecule has 2 amide bonds. The van der Waals surface area contributed by atoms with Gasteiger partial charge in [-0.1, -0.05) is 0 Å². The minimum atomic E-state index is -0.777. The Morgan fingerprint density at radius 3 is 2.50 bits per heavy atom. The van der Waals surface area contributed by atoms with Crippen molar-refractivity contribution in [3.63, 3.8) is 0 Å². The predicted octanol–water partition coefficient (Wildman–Crippen LogP) is -0.244. The van der Waals surface area contributed by atoms with Gasteiger partial charge in [0.25, 0.3) is 0 Å². The Morgan fingerprint density at radius 2 is 2.00 bits per heavy atom. The van der Waals surface area contributed by atoms with Crippen LogP contribution in [0.5, 0.6) is 0 Å². The molecule has 1 fully saturated rings. The summed E-state index contributed by atoms with van der Waals surface area (Å²) in [6.07, 6.45) is 2.35.